The Labute approximate surface area is 173 Å². The van der Waals surface area contributed by atoms with Crippen molar-refractivity contribution in [2.75, 3.05) is 7.11 Å². The molecule has 6 heteroatoms. The number of aryl methyl sites for hydroxylation is 1. The fourth-order valence-corrected chi connectivity index (χ4v) is 3.59. The average molecular weight is 413 g/mol. The van der Waals surface area contributed by atoms with E-state index < -0.39 is 11.7 Å². The molecule has 0 amide bonds. The quantitative estimate of drug-likeness (QED) is 0.514. The summed E-state index contributed by atoms with van der Waals surface area (Å²) in [7, 11) is 1.21. The summed E-state index contributed by atoms with van der Waals surface area (Å²) in [5, 5.41) is 30.0. The molecule has 3 aromatic rings. The summed E-state index contributed by atoms with van der Waals surface area (Å²) in [4.78, 5) is 12.1. The number of halogens is 1. The van der Waals surface area contributed by atoms with Gasteiger partial charge in [-0.05, 0) is 53.6 Å². The molecule has 0 fully saturated rings. The minimum absolute atomic E-state index is 0.00652. The summed E-state index contributed by atoms with van der Waals surface area (Å²) in [5.74, 6) is -1.31. The number of phenolic OH excluding ortho intramolecular Hbond substituents is 3. The van der Waals surface area contributed by atoms with Gasteiger partial charge in [0, 0.05) is 6.07 Å². The number of hydrogen-bond acceptors (Lipinski definition) is 5. The largest absolute Gasteiger partial charge is 0.508 e. The second kappa shape index (κ2) is 8.88. The monoisotopic (exact) mass is 412 g/mol. The van der Waals surface area contributed by atoms with Gasteiger partial charge in [-0.15, -0.1) is 0 Å². The number of aromatic hydroxyl groups is 3. The van der Waals surface area contributed by atoms with E-state index in [1.54, 1.807) is 12.1 Å². The summed E-state index contributed by atoms with van der Waals surface area (Å²) in [5.41, 5.74) is 3.26. The van der Waals surface area contributed by atoms with Crippen molar-refractivity contribution in [2.45, 2.75) is 19.3 Å². The van der Waals surface area contributed by atoms with Crippen LogP contribution in [0.2, 0.25) is 5.02 Å². The second-order valence-electron chi connectivity index (χ2n) is 6.69. The van der Waals surface area contributed by atoms with E-state index in [1.807, 2.05) is 36.4 Å². The van der Waals surface area contributed by atoms with Gasteiger partial charge >= 0.3 is 5.97 Å². The molecule has 0 radical (unpaired) electrons. The van der Waals surface area contributed by atoms with E-state index in [2.05, 4.69) is 0 Å². The number of rotatable bonds is 6. The predicted octanol–water partition coefficient (Wildman–Crippen LogP) is 4.62. The van der Waals surface area contributed by atoms with Crippen LogP contribution in [-0.4, -0.2) is 28.4 Å². The highest BCUT2D eigenvalue weighted by atomic mass is 35.5. The van der Waals surface area contributed by atoms with Gasteiger partial charge in [-0.25, -0.2) is 4.79 Å². The van der Waals surface area contributed by atoms with Gasteiger partial charge in [0.25, 0.3) is 0 Å². The smallest absolute Gasteiger partial charge is 0.341 e. The van der Waals surface area contributed by atoms with Crippen LogP contribution in [0.5, 0.6) is 17.2 Å². The maximum Gasteiger partial charge on any atom is 0.341 e. The third-order valence-corrected chi connectivity index (χ3v) is 5.20. The van der Waals surface area contributed by atoms with Crippen molar-refractivity contribution in [3.63, 3.8) is 0 Å². The summed E-state index contributed by atoms with van der Waals surface area (Å²) in [6.07, 6.45) is 1.37. The molecule has 0 heterocycles. The van der Waals surface area contributed by atoms with Gasteiger partial charge in [-0.2, -0.15) is 0 Å². The van der Waals surface area contributed by atoms with E-state index in [9.17, 15) is 20.1 Å². The third kappa shape index (κ3) is 4.63. The number of hydrogen-bond donors (Lipinski definition) is 3. The molecule has 0 aliphatic rings. The van der Waals surface area contributed by atoms with Crippen molar-refractivity contribution in [1.82, 2.24) is 0 Å². The maximum absolute atomic E-state index is 12.1. The Balaban J connectivity index is 1.94. The number of methoxy groups -OCH3 is 1. The minimum atomic E-state index is -0.736. The number of phenols is 3. The van der Waals surface area contributed by atoms with E-state index in [1.165, 1.54) is 7.11 Å². The van der Waals surface area contributed by atoms with Crippen LogP contribution in [0.3, 0.4) is 0 Å². The lowest BCUT2D eigenvalue weighted by atomic mass is 9.93. The zero-order valence-electron chi connectivity index (χ0n) is 15.9. The molecule has 0 spiro atoms. The van der Waals surface area contributed by atoms with Crippen molar-refractivity contribution in [3.05, 3.63) is 87.4 Å². The van der Waals surface area contributed by atoms with Crippen LogP contribution in [-0.2, 0) is 24.0 Å². The standard InChI is InChI=1S/C23H21ClO5/c1-29-23(28)21-18(22(24)20(27)13-19(21)26)10-8-16-12-17(25)9-7-15(16)11-14-5-3-2-4-6-14/h2-7,9,12-13,25-27H,8,10-11H2,1H3. The zero-order chi connectivity index (χ0) is 21.0. The zero-order valence-corrected chi connectivity index (χ0v) is 16.6. The molecule has 0 saturated heterocycles. The maximum atomic E-state index is 12.1. The van der Waals surface area contributed by atoms with Gasteiger partial charge in [0.1, 0.15) is 22.8 Å². The molecule has 0 bridgehead atoms. The minimum Gasteiger partial charge on any atom is -0.508 e. The Bertz CT molecular complexity index is 1030. The molecule has 29 heavy (non-hydrogen) atoms. The average Bonchev–Trinajstić information content (AvgIpc) is 2.71. The highest BCUT2D eigenvalue weighted by molar-refractivity contribution is 6.33. The highest BCUT2D eigenvalue weighted by Crippen LogP contribution is 2.37. The Morgan fingerprint density at radius 1 is 0.931 bits per heavy atom. The fraction of sp³-hybridized carbons (Fsp3) is 0.174. The lowest BCUT2D eigenvalue weighted by Gasteiger charge is -2.15. The lowest BCUT2D eigenvalue weighted by molar-refractivity contribution is 0.0596. The Hall–Kier alpha value is -3.18. The van der Waals surface area contributed by atoms with Gasteiger partial charge < -0.3 is 20.1 Å². The van der Waals surface area contributed by atoms with Gasteiger partial charge in [0.15, 0.2) is 0 Å². The van der Waals surface area contributed by atoms with E-state index in [0.717, 1.165) is 22.8 Å². The van der Waals surface area contributed by atoms with Crippen molar-refractivity contribution in [1.29, 1.82) is 0 Å². The topological polar surface area (TPSA) is 87.0 Å². The SMILES string of the molecule is COC(=O)c1c(O)cc(O)c(Cl)c1CCc1cc(O)ccc1Cc1ccccc1. The van der Waals surface area contributed by atoms with E-state index in [-0.39, 0.29) is 28.5 Å². The van der Waals surface area contributed by atoms with Crippen LogP contribution in [0.15, 0.2) is 54.6 Å². The molecular formula is C23H21ClO5. The normalized spacial score (nSPS) is 10.7. The molecule has 5 nitrogen and oxygen atoms in total. The molecule has 0 unspecified atom stereocenters. The molecule has 0 aliphatic carbocycles. The molecule has 3 rings (SSSR count). The molecular weight excluding hydrogens is 392 g/mol. The second-order valence-corrected chi connectivity index (χ2v) is 7.07. The summed E-state index contributed by atoms with van der Waals surface area (Å²) >= 11 is 6.22. The van der Waals surface area contributed by atoms with Crippen molar-refractivity contribution in [2.24, 2.45) is 0 Å². The lowest BCUT2D eigenvalue weighted by Crippen LogP contribution is -2.09. The first-order valence-electron chi connectivity index (χ1n) is 9.07. The van der Waals surface area contributed by atoms with Crippen molar-refractivity contribution < 1.29 is 24.9 Å². The van der Waals surface area contributed by atoms with Crippen LogP contribution < -0.4 is 0 Å². The molecule has 0 aromatic heterocycles. The number of esters is 1. The molecule has 0 saturated carbocycles. The molecule has 0 atom stereocenters. The summed E-state index contributed by atoms with van der Waals surface area (Å²) in [6.45, 7) is 0. The Kier molecular flexibility index (Phi) is 6.29. The molecule has 3 aromatic carbocycles. The van der Waals surface area contributed by atoms with Crippen molar-refractivity contribution >= 4 is 17.6 Å². The van der Waals surface area contributed by atoms with Crippen LogP contribution >= 0.6 is 11.6 Å². The Morgan fingerprint density at radius 3 is 2.34 bits per heavy atom. The number of ether oxygens (including phenoxy) is 1. The van der Waals surface area contributed by atoms with Gasteiger partial charge in [0.2, 0.25) is 0 Å². The van der Waals surface area contributed by atoms with Gasteiger partial charge in [-0.3, -0.25) is 0 Å². The van der Waals surface area contributed by atoms with Crippen LogP contribution in [0.1, 0.15) is 32.6 Å². The van der Waals surface area contributed by atoms with Crippen LogP contribution in [0.25, 0.3) is 0 Å². The predicted molar refractivity (Wildman–Crippen MR) is 111 cm³/mol. The van der Waals surface area contributed by atoms with Crippen LogP contribution in [0.4, 0.5) is 0 Å². The first-order valence-corrected chi connectivity index (χ1v) is 9.44. The van der Waals surface area contributed by atoms with Gasteiger partial charge in [0.05, 0.1) is 12.1 Å². The first kappa shape index (κ1) is 20.6. The number of benzene rings is 3. The summed E-state index contributed by atoms with van der Waals surface area (Å²) < 4.78 is 4.75. The Morgan fingerprint density at radius 2 is 1.66 bits per heavy atom. The van der Waals surface area contributed by atoms with Gasteiger partial charge in [-0.1, -0.05) is 48.0 Å². The van der Waals surface area contributed by atoms with E-state index in [0.29, 0.717) is 18.4 Å². The molecule has 150 valence electrons. The number of carbonyl (C=O) groups excluding carboxylic acids is 1. The highest BCUT2D eigenvalue weighted by Gasteiger charge is 2.23. The van der Waals surface area contributed by atoms with Crippen molar-refractivity contribution in [3.8, 4) is 17.2 Å². The fourth-order valence-electron chi connectivity index (χ4n) is 3.34. The third-order valence-electron chi connectivity index (χ3n) is 4.78. The van der Waals surface area contributed by atoms with E-state index >= 15 is 0 Å². The summed E-state index contributed by atoms with van der Waals surface area (Å²) in [6, 6.07) is 16.1. The number of carbonyl (C=O) groups is 1. The van der Waals surface area contributed by atoms with Crippen LogP contribution in [0, 0.1) is 0 Å². The molecule has 0 aliphatic heterocycles. The first-order chi connectivity index (χ1) is 13.9. The molecule has 3 N–H and O–H groups in total. The van der Waals surface area contributed by atoms with E-state index in [4.69, 9.17) is 16.3 Å².